The molecule has 232 valence electrons. The van der Waals surface area contributed by atoms with Crippen molar-refractivity contribution in [2.75, 3.05) is 44.9 Å². The molecule has 4 aromatic rings. The van der Waals surface area contributed by atoms with Gasteiger partial charge >= 0.3 is 15.2 Å². The summed E-state index contributed by atoms with van der Waals surface area (Å²) in [4.78, 5) is 53.8. The molecule has 0 saturated heterocycles. The molecule has 0 aliphatic carbocycles. The minimum absolute atomic E-state index is 0.0900. The number of H-pyrrole nitrogens is 1. The number of nitrogens with two attached hydrogens (primary N) is 1. The highest BCUT2D eigenvalue weighted by Gasteiger charge is 2.18. The number of aromatic amines is 1. The zero-order valence-corrected chi connectivity index (χ0v) is 24.7. The van der Waals surface area contributed by atoms with Crippen LogP contribution in [0.4, 0.5) is 5.82 Å². The predicted octanol–water partition coefficient (Wildman–Crippen LogP) is 0.653. The number of rotatable bonds is 14. The van der Waals surface area contributed by atoms with Crippen LogP contribution in [0.25, 0.3) is 22.2 Å². The van der Waals surface area contributed by atoms with Crippen molar-refractivity contribution in [3.05, 3.63) is 35.9 Å². The molecule has 0 aliphatic rings. The maximum atomic E-state index is 10.7. The van der Waals surface area contributed by atoms with Crippen LogP contribution in [0, 0.1) is 4.64 Å². The van der Waals surface area contributed by atoms with Gasteiger partial charge in [-0.15, -0.1) is 0 Å². The van der Waals surface area contributed by atoms with Crippen LogP contribution in [0.5, 0.6) is 0 Å². The third-order valence-corrected chi connectivity index (χ3v) is 7.17. The Morgan fingerprint density at radius 1 is 0.929 bits per heavy atom. The summed E-state index contributed by atoms with van der Waals surface area (Å²) in [6, 6.07) is 1.06. The Hall–Kier alpha value is -2.67. The van der Waals surface area contributed by atoms with Gasteiger partial charge in [-0.05, 0) is 18.9 Å². The largest absolute Gasteiger partial charge is 0.394 e. The van der Waals surface area contributed by atoms with Crippen LogP contribution in [0.1, 0.15) is 24.9 Å². The van der Waals surface area contributed by atoms with Crippen molar-refractivity contribution >= 4 is 55.4 Å². The molecule has 0 aliphatic heterocycles. The van der Waals surface area contributed by atoms with Crippen LogP contribution in [-0.2, 0) is 18.6 Å². The van der Waals surface area contributed by atoms with Crippen LogP contribution >= 0.6 is 27.4 Å². The summed E-state index contributed by atoms with van der Waals surface area (Å²) in [6.45, 7) is -0.148. The Morgan fingerprint density at radius 3 is 2.10 bits per heavy atom. The smallest absolute Gasteiger partial charge is 0.350 e. The number of imidazole rings is 1. The monoisotopic (exact) mass is 650 g/mol. The number of nitrogens with zero attached hydrogens (tertiary/aromatic N) is 6. The summed E-state index contributed by atoms with van der Waals surface area (Å²) in [6.07, 6.45) is 5.51. The van der Waals surface area contributed by atoms with Gasteiger partial charge in [0, 0.05) is 19.4 Å². The van der Waals surface area contributed by atoms with E-state index >= 15 is 0 Å². The van der Waals surface area contributed by atoms with Gasteiger partial charge in [0.25, 0.3) is 0 Å². The SMILES string of the molecule is Nc1ncnc2c1ccn2C(CO)CCOCP(=O)(O)O.O=P(O)(O)COCCC(CO)n1cnc2[nH]cnc(=S)c21. The van der Waals surface area contributed by atoms with E-state index in [4.69, 9.17) is 47.0 Å². The van der Waals surface area contributed by atoms with Crippen molar-refractivity contribution in [1.82, 2.24) is 34.1 Å². The summed E-state index contributed by atoms with van der Waals surface area (Å²) in [5.74, 6) is 0.355. The average molecular weight is 651 g/mol. The lowest BCUT2D eigenvalue weighted by molar-refractivity contribution is 0.127. The number of anilines is 1. The molecule has 4 aromatic heterocycles. The molecule has 42 heavy (non-hydrogen) atoms. The summed E-state index contributed by atoms with van der Waals surface area (Å²) in [5, 5.41) is 19.7. The average Bonchev–Trinajstić information content (AvgIpc) is 3.55. The van der Waals surface area contributed by atoms with Crippen molar-refractivity contribution < 1.29 is 48.4 Å². The highest BCUT2D eigenvalue weighted by atomic mass is 32.1. The number of hydrogen-bond acceptors (Lipinski definition) is 12. The van der Waals surface area contributed by atoms with E-state index in [-0.39, 0.29) is 38.5 Å². The number of ether oxygens (including phenoxy) is 2. The lowest BCUT2D eigenvalue weighted by atomic mass is 10.2. The molecule has 4 rings (SSSR count). The van der Waals surface area contributed by atoms with Crippen molar-refractivity contribution in [2.24, 2.45) is 0 Å². The summed E-state index contributed by atoms with van der Waals surface area (Å²) in [7, 11) is -8.35. The second-order valence-corrected chi connectivity index (χ2v) is 12.5. The Morgan fingerprint density at radius 2 is 1.52 bits per heavy atom. The van der Waals surface area contributed by atoms with Crippen LogP contribution in [-0.4, -0.2) is 103 Å². The Balaban J connectivity index is 0.000000230. The molecule has 2 atom stereocenters. The molecule has 2 unspecified atom stereocenters. The van der Waals surface area contributed by atoms with Crippen molar-refractivity contribution in [1.29, 1.82) is 0 Å². The Kier molecular flexibility index (Phi) is 12.2. The minimum Gasteiger partial charge on any atom is -0.394 e. The van der Waals surface area contributed by atoms with Gasteiger partial charge in [0.1, 0.15) is 36.0 Å². The zero-order chi connectivity index (χ0) is 30.9. The van der Waals surface area contributed by atoms with Crippen molar-refractivity contribution in [3.8, 4) is 0 Å². The predicted molar refractivity (Wildman–Crippen MR) is 152 cm³/mol. The second-order valence-electron chi connectivity index (χ2n) is 8.93. The van der Waals surface area contributed by atoms with Gasteiger partial charge in [-0.2, -0.15) is 0 Å². The van der Waals surface area contributed by atoms with Gasteiger partial charge in [-0.3, -0.25) is 9.13 Å². The minimum atomic E-state index is -4.18. The van der Waals surface area contributed by atoms with E-state index in [2.05, 4.69) is 24.9 Å². The zero-order valence-electron chi connectivity index (χ0n) is 22.1. The summed E-state index contributed by atoms with van der Waals surface area (Å²) < 4.78 is 35.0. The van der Waals surface area contributed by atoms with E-state index in [0.717, 1.165) is 0 Å². The van der Waals surface area contributed by atoms with Crippen LogP contribution in [0.2, 0.25) is 0 Å². The number of fused-ring (bicyclic) bond motifs is 2. The normalized spacial score (nSPS) is 13.7. The third-order valence-electron chi connectivity index (χ3n) is 5.84. The molecule has 4 heterocycles. The molecule has 21 heteroatoms. The number of aliphatic hydroxyl groups excluding tert-OH is 2. The Labute approximate surface area is 243 Å². The molecule has 18 nitrogen and oxygen atoms in total. The van der Waals surface area contributed by atoms with E-state index < -0.39 is 27.9 Å². The third kappa shape index (κ3) is 9.68. The van der Waals surface area contributed by atoms with Crippen LogP contribution in [0.3, 0.4) is 0 Å². The maximum Gasteiger partial charge on any atom is 0.350 e. The fourth-order valence-electron chi connectivity index (χ4n) is 3.90. The standard InChI is InChI=1S/C11H17N4O5P.C10H15N4O5PS/c12-10-9-1-3-15(11(9)14-6-13-10)8(5-16)2-4-20-7-21(17,18)19;15-3-7(1-2-19-6-20(16,17)18)14-5-13-9-8(14)10(21)12-4-11-9/h1,3,6,8,16H,2,4-5,7H2,(H2,12,13,14)(H2,17,18,19);4-5,7,15H,1-3,6H2,(H,11,12,21)(H2,16,17,18). The van der Waals surface area contributed by atoms with Crippen molar-refractivity contribution in [3.63, 3.8) is 0 Å². The quantitative estimate of drug-likeness (QED) is 0.0528. The van der Waals surface area contributed by atoms with E-state index in [1.807, 2.05) is 0 Å². The molecule has 0 saturated carbocycles. The first-order valence-electron chi connectivity index (χ1n) is 12.3. The highest BCUT2D eigenvalue weighted by Crippen LogP contribution is 2.34. The molecule has 0 aromatic carbocycles. The molecule has 0 amide bonds. The molecule has 9 N–H and O–H groups in total. The number of nitrogen functional groups attached to an aromatic ring is 1. The van der Waals surface area contributed by atoms with Gasteiger partial charge in [0.15, 0.2) is 10.3 Å². The fourth-order valence-corrected chi connectivity index (χ4v) is 4.88. The number of aromatic nitrogens is 7. The lowest BCUT2D eigenvalue weighted by Gasteiger charge is -2.17. The molecule has 0 spiro atoms. The Bertz CT molecular complexity index is 1600. The molecular weight excluding hydrogens is 618 g/mol. The van der Waals surface area contributed by atoms with E-state index in [0.29, 0.717) is 45.5 Å². The van der Waals surface area contributed by atoms with Gasteiger partial charge in [0.05, 0.1) is 43.3 Å². The first-order chi connectivity index (χ1) is 19.8. The summed E-state index contributed by atoms with van der Waals surface area (Å²) >= 11 is 5.14. The van der Waals surface area contributed by atoms with Crippen molar-refractivity contribution in [2.45, 2.75) is 24.9 Å². The summed E-state index contributed by atoms with van der Waals surface area (Å²) in [5.41, 5.74) is 7.49. The second kappa shape index (κ2) is 15.2. The first kappa shape index (κ1) is 33.8. The van der Waals surface area contributed by atoms with Crippen LogP contribution in [0.15, 0.2) is 31.2 Å². The van der Waals surface area contributed by atoms with Crippen LogP contribution < -0.4 is 5.73 Å². The fraction of sp³-hybridized carbons (Fsp3) is 0.476. The van der Waals surface area contributed by atoms with E-state index in [1.165, 1.54) is 19.0 Å². The van der Waals surface area contributed by atoms with E-state index in [9.17, 15) is 19.3 Å². The molecular formula is C21H32N8O10P2S. The van der Waals surface area contributed by atoms with E-state index in [1.54, 1.807) is 21.4 Å². The highest BCUT2D eigenvalue weighted by molar-refractivity contribution is 7.71. The van der Waals surface area contributed by atoms with Gasteiger partial charge in [-0.1, -0.05) is 12.2 Å². The number of nitrogens with one attached hydrogen (secondary N) is 1. The maximum absolute atomic E-state index is 10.7. The number of hydrogen-bond donors (Lipinski definition) is 8. The lowest BCUT2D eigenvalue weighted by Crippen LogP contribution is -2.15. The number of aliphatic hydroxyl groups is 2. The molecule has 0 fully saturated rings. The van der Waals surface area contributed by atoms with Gasteiger partial charge in [-0.25, -0.2) is 19.9 Å². The molecule has 0 radical (unpaired) electrons. The van der Waals surface area contributed by atoms with Gasteiger partial charge in [0.2, 0.25) is 0 Å². The topological polar surface area (TPSA) is 277 Å². The molecule has 0 bridgehead atoms. The van der Waals surface area contributed by atoms with Gasteiger partial charge < -0.3 is 59.1 Å². The first-order valence-corrected chi connectivity index (χ1v) is 16.3.